The summed E-state index contributed by atoms with van der Waals surface area (Å²) in [7, 11) is 0. The third-order valence-corrected chi connectivity index (χ3v) is 3.96. The highest BCUT2D eigenvalue weighted by Gasteiger charge is 2.11. The van der Waals surface area contributed by atoms with Crippen LogP contribution in [0.5, 0.6) is 5.75 Å². The molecule has 122 valence electrons. The summed E-state index contributed by atoms with van der Waals surface area (Å²) in [4.78, 5) is 11.7. The SMILES string of the molecule is O=C1NCCCOc2ccc3[nH]nc(c3c2)-c2cccc(c2)CO1. The molecule has 0 radical (unpaired) electrons. The van der Waals surface area contributed by atoms with E-state index in [4.69, 9.17) is 9.47 Å². The van der Waals surface area contributed by atoms with Gasteiger partial charge >= 0.3 is 6.09 Å². The van der Waals surface area contributed by atoms with Gasteiger partial charge in [0, 0.05) is 17.5 Å². The Balaban J connectivity index is 1.78. The van der Waals surface area contributed by atoms with Crippen molar-refractivity contribution in [3.63, 3.8) is 0 Å². The van der Waals surface area contributed by atoms with Gasteiger partial charge in [-0.2, -0.15) is 5.10 Å². The Hall–Kier alpha value is -3.02. The van der Waals surface area contributed by atoms with E-state index < -0.39 is 6.09 Å². The average Bonchev–Trinajstić information content (AvgIpc) is 3.02. The summed E-state index contributed by atoms with van der Waals surface area (Å²) in [5.74, 6) is 0.791. The Morgan fingerprint density at radius 1 is 1.08 bits per heavy atom. The fourth-order valence-corrected chi connectivity index (χ4v) is 2.76. The standard InChI is InChI=1S/C18H17N3O3/c22-18-19-7-2-8-23-14-5-6-16-15(10-14)17(21-20-16)13-4-1-3-12(9-13)11-24-18/h1,3-6,9-10H,2,7-8,11H2,(H,19,22)(H,20,21). The van der Waals surface area contributed by atoms with Crippen molar-refractivity contribution in [1.29, 1.82) is 0 Å². The number of aromatic amines is 1. The van der Waals surface area contributed by atoms with E-state index in [1.807, 2.05) is 42.5 Å². The maximum atomic E-state index is 11.7. The number of nitrogens with one attached hydrogen (secondary N) is 2. The zero-order valence-corrected chi connectivity index (χ0v) is 13.0. The molecule has 1 aliphatic heterocycles. The Bertz CT molecular complexity index is 888. The van der Waals surface area contributed by atoms with Gasteiger partial charge in [0.25, 0.3) is 0 Å². The van der Waals surface area contributed by atoms with E-state index in [2.05, 4.69) is 15.5 Å². The topological polar surface area (TPSA) is 76.2 Å². The van der Waals surface area contributed by atoms with Gasteiger partial charge in [-0.1, -0.05) is 18.2 Å². The number of aromatic nitrogens is 2. The predicted molar refractivity (Wildman–Crippen MR) is 89.8 cm³/mol. The van der Waals surface area contributed by atoms with E-state index in [0.29, 0.717) is 19.6 Å². The zero-order valence-electron chi connectivity index (χ0n) is 13.0. The summed E-state index contributed by atoms with van der Waals surface area (Å²) in [5.41, 5.74) is 3.70. The van der Waals surface area contributed by atoms with Gasteiger partial charge in [0.05, 0.1) is 12.1 Å². The van der Waals surface area contributed by atoms with Gasteiger partial charge in [-0.15, -0.1) is 0 Å². The number of rotatable bonds is 0. The lowest BCUT2D eigenvalue weighted by Gasteiger charge is -2.08. The van der Waals surface area contributed by atoms with Crippen LogP contribution in [0.25, 0.3) is 22.2 Å². The number of hydrogen-bond acceptors (Lipinski definition) is 4. The molecule has 6 heteroatoms. The molecule has 6 nitrogen and oxygen atoms in total. The van der Waals surface area contributed by atoms with E-state index in [9.17, 15) is 4.79 Å². The van der Waals surface area contributed by atoms with Gasteiger partial charge in [-0.3, -0.25) is 5.10 Å². The quantitative estimate of drug-likeness (QED) is 0.666. The Labute approximate surface area is 138 Å². The fraction of sp³-hybridized carbons (Fsp3) is 0.222. The molecule has 0 spiro atoms. The minimum Gasteiger partial charge on any atom is -0.494 e. The molecule has 0 fully saturated rings. The molecule has 0 aliphatic carbocycles. The fourth-order valence-electron chi connectivity index (χ4n) is 2.76. The molecule has 0 saturated heterocycles. The predicted octanol–water partition coefficient (Wildman–Crippen LogP) is 3.24. The Kier molecular flexibility index (Phi) is 3.78. The second kappa shape index (κ2) is 6.23. The molecule has 0 unspecified atom stereocenters. The number of carbonyl (C=O) groups is 1. The third-order valence-electron chi connectivity index (χ3n) is 3.96. The smallest absolute Gasteiger partial charge is 0.407 e. The first-order valence-corrected chi connectivity index (χ1v) is 7.90. The number of H-pyrrole nitrogens is 1. The molecule has 4 bridgehead atoms. The Morgan fingerprint density at radius 2 is 2.04 bits per heavy atom. The normalized spacial score (nSPS) is 15.1. The Morgan fingerprint density at radius 3 is 3.00 bits per heavy atom. The lowest BCUT2D eigenvalue weighted by molar-refractivity contribution is 0.139. The molecular formula is C18H17N3O3. The second-order valence-electron chi connectivity index (χ2n) is 5.68. The van der Waals surface area contributed by atoms with Gasteiger partial charge in [0.1, 0.15) is 18.1 Å². The average molecular weight is 323 g/mol. The number of fused-ring (bicyclic) bond motifs is 4. The zero-order chi connectivity index (χ0) is 16.4. The molecule has 1 aliphatic rings. The first kappa shape index (κ1) is 14.6. The molecule has 1 aromatic heterocycles. The number of alkyl carbamates (subject to hydrolysis) is 1. The largest absolute Gasteiger partial charge is 0.494 e. The van der Waals surface area contributed by atoms with Crippen LogP contribution in [0.4, 0.5) is 4.79 Å². The molecule has 2 N–H and O–H groups in total. The lowest BCUT2D eigenvalue weighted by atomic mass is 10.1. The molecule has 1 amide bonds. The maximum Gasteiger partial charge on any atom is 0.407 e. The van der Waals surface area contributed by atoms with E-state index in [1.165, 1.54) is 0 Å². The number of ether oxygens (including phenoxy) is 2. The first-order chi connectivity index (χ1) is 11.8. The molecule has 2 heterocycles. The van der Waals surface area contributed by atoms with Crippen molar-refractivity contribution in [2.45, 2.75) is 13.0 Å². The molecule has 2 aromatic carbocycles. The van der Waals surface area contributed by atoms with Crippen LogP contribution < -0.4 is 10.1 Å². The number of cyclic esters (lactones) is 1. The molecule has 0 saturated carbocycles. The summed E-state index contributed by atoms with van der Waals surface area (Å²) in [6, 6.07) is 13.7. The number of benzene rings is 2. The van der Waals surface area contributed by atoms with Crippen LogP contribution in [0.15, 0.2) is 42.5 Å². The van der Waals surface area contributed by atoms with Crippen molar-refractivity contribution in [1.82, 2.24) is 15.5 Å². The van der Waals surface area contributed by atoms with Crippen LogP contribution in [0.2, 0.25) is 0 Å². The summed E-state index contributed by atoms with van der Waals surface area (Å²) in [5, 5.41) is 11.2. The second-order valence-corrected chi connectivity index (χ2v) is 5.68. The lowest BCUT2D eigenvalue weighted by Crippen LogP contribution is -2.26. The number of hydrogen-bond donors (Lipinski definition) is 2. The van der Waals surface area contributed by atoms with Gasteiger partial charge in [-0.05, 0) is 36.2 Å². The summed E-state index contributed by atoms with van der Waals surface area (Å²) >= 11 is 0. The number of nitrogens with zero attached hydrogens (tertiary/aromatic N) is 1. The summed E-state index contributed by atoms with van der Waals surface area (Å²) < 4.78 is 11.0. The minimum atomic E-state index is -0.419. The molecule has 3 aromatic rings. The van der Waals surface area contributed by atoms with Crippen molar-refractivity contribution in [3.05, 3.63) is 48.0 Å². The minimum absolute atomic E-state index is 0.226. The monoisotopic (exact) mass is 323 g/mol. The van der Waals surface area contributed by atoms with Gasteiger partial charge in [0.2, 0.25) is 0 Å². The number of amides is 1. The van der Waals surface area contributed by atoms with Crippen molar-refractivity contribution >= 4 is 17.0 Å². The van der Waals surface area contributed by atoms with E-state index in [0.717, 1.165) is 33.5 Å². The molecule has 24 heavy (non-hydrogen) atoms. The first-order valence-electron chi connectivity index (χ1n) is 7.90. The summed E-state index contributed by atoms with van der Waals surface area (Å²) in [6.45, 7) is 1.26. The van der Waals surface area contributed by atoms with Crippen LogP contribution in [0, 0.1) is 0 Å². The van der Waals surface area contributed by atoms with Gasteiger partial charge < -0.3 is 14.8 Å². The van der Waals surface area contributed by atoms with Crippen molar-refractivity contribution in [2.75, 3.05) is 13.2 Å². The number of carbonyl (C=O) groups excluding carboxylic acids is 1. The van der Waals surface area contributed by atoms with Crippen LogP contribution in [-0.2, 0) is 11.3 Å². The maximum absolute atomic E-state index is 11.7. The highest BCUT2D eigenvalue weighted by Crippen LogP contribution is 2.30. The van der Waals surface area contributed by atoms with Crippen LogP contribution >= 0.6 is 0 Å². The van der Waals surface area contributed by atoms with Crippen LogP contribution in [0.1, 0.15) is 12.0 Å². The van der Waals surface area contributed by atoms with Crippen LogP contribution in [-0.4, -0.2) is 29.4 Å². The highest BCUT2D eigenvalue weighted by molar-refractivity contribution is 5.93. The van der Waals surface area contributed by atoms with E-state index in [1.54, 1.807) is 0 Å². The van der Waals surface area contributed by atoms with E-state index in [-0.39, 0.29) is 6.61 Å². The highest BCUT2D eigenvalue weighted by atomic mass is 16.5. The molecule has 4 rings (SSSR count). The van der Waals surface area contributed by atoms with E-state index >= 15 is 0 Å². The summed E-state index contributed by atoms with van der Waals surface area (Å²) in [6.07, 6.45) is 0.289. The van der Waals surface area contributed by atoms with Crippen molar-refractivity contribution in [2.24, 2.45) is 0 Å². The van der Waals surface area contributed by atoms with Crippen LogP contribution in [0.3, 0.4) is 0 Å². The molecule has 0 atom stereocenters. The third kappa shape index (κ3) is 2.90. The van der Waals surface area contributed by atoms with Gasteiger partial charge in [-0.25, -0.2) is 4.79 Å². The molecular weight excluding hydrogens is 306 g/mol. The van der Waals surface area contributed by atoms with Crippen molar-refractivity contribution in [3.8, 4) is 17.0 Å². The van der Waals surface area contributed by atoms with Gasteiger partial charge in [0.15, 0.2) is 0 Å². The van der Waals surface area contributed by atoms with Crippen molar-refractivity contribution < 1.29 is 14.3 Å².